The molecule has 0 aromatic rings. The first-order chi connectivity index (χ1) is 12.2. The van der Waals surface area contributed by atoms with Crippen molar-refractivity contribution >= 4 is 5.97 Å². The molecule has 0 amide bonds. The Bertz CT molecular complexity index is 546. The number of aliphatic carboxylic acids is 1. The molecule has 0 spiro atoms. The molecule has 1 rings (SSSR count). The van der Waals surface area contributed by atoms with Gasteiger partial charge in [0.05, 0.1) is 6.26 Å². The fourth-order valence-corrected chi connectivity index (χ4v) is 4.14. The minimum Gasteiger partial charge on any atom is -0.479 e. The lowest BCUT2D eigenvalue weighted by molar-refractivity contribution is -0.230. The average molecular weight is 381 g/mol. The number of rotatable bonds is 9. The third kappa shape index (κ3) is 7.33. The van der Waals surface area contributed by atoms with Crippen molar-refractivity contribution in [3.05, 3.63) is 24.5 Å². The molecule has 0 radical (unpaired) electrons. The van der Waals surface area contributed by atoms with Crippen molar-refractivity contribution in [2.45, 2.75) is 99.4 Å². The van der Waals surface area contributed by atoms with E-state index in [1.54, 1.807) is 18.4 Å². The number of hydrogen-bond acceptors (Lipinski definition) is 3. The van der Waals surface area contributed by atoms with Crippen LogP contribution in [0.25, 0.3) is 0 Å². The van der Waals surface area contributed by atoms with Gasteiger partial charge in [-0.3, -0.25) is 0 Å². The number of ether oxygens (including phenoxy) is 2. The summed E-state index contributed by atoms with van der Waals surface area (Å²) in [6.45, 7) is 17.1. The van der Waals surface area contributed by atoms with E-state index in [1.165, 1.54) is 0 Å². The lowest BCUT2D eigenvalue weighted by Gasteiger charge is -2.47. The van der Waals surface area contributed by atoms with Crippen LogP contribution in [-0.2, 0) is 14.3 Å². The zero-order valence-electron chi connectivity index (χ0n) is 18.6. The largest absolute Gasteiger partial charge is 0.479 e. The van der Waals surface area contributed by atoms with E-state index in [-0.39, 0.29) is 10.8 Å². The van der Waals surface area contributed by atoms with E-state index in [0.717, 1.165) is 25.7 Å². The quantitative estimate of drug-likeness (QED) is 0.475. The van der Waals surface area contributed by atoms with Gasteiger partial charge in [0.15, 0.2) is 5.60 Å². The smallest absolute Gasteiger partial charge is 0.336 e. The minimum absolute atomic E-state index is 0.0118. The van der Waals surface area contributed by atoms with Gasteiger partial charge in [0.25, 0.3) is 0 Å². The molecule has 0 fully saturated rings. The molecule has 0 saturated carbocycles. The van der Waals surface area contributed by atoms with Gasteiger partial charge in [-0.15, -0.1) is 0 Å². The molecule has 2 atom stereocenters. The normalized spacial score (nSPS) is 20.2. The Morgan fingerprint density at radius 3 is 2.00 bits per heavy atom. The van der Waals surface area contributed by atoms with Crippen LogP contribution >= 0.6 is 0 Å². The first-order valence-corrected chi connectivity index (χ1v) is 10.1. The van der Waals surface area contributed by atoms with Crippen LogP contribution in [-0.4, -0.2) is 23.0 Å². The van der Waals surface area contributed by atoms with Crippen LogP contribution in [0.5, 0.6) is 0 Å². The number of carboxylic acid groups (broad SMARTS) is 1. The fourth-order valence-electron chi connectivity index (χ4n) is 4.14. The van der Waals surface area contributed by atoms with E-state index < -0.39 is 23.3 Å². The standard InChI is InChI=1S/C23H40O4/c1-20(2,3)14-10-11-15-23(19(24)25,22(7,8)17-21(4,5)6)27-18-13-9-12-16-26-18/h9,12-13,16,18H,10-11,14-15,17H2,1-8H3,(H,24,25). The Hall–Kier alpha value is -1.29. The van der Waals surface area contributed by atoms with Crippen LogP contribution in [0.1, 0.15) is 87.5 Å². The summed E-state index contributed by atoms with van der Waals surface area (Å²) in [5, 5.41) is 10.3. The van der Waals surface area contributed by atoms with Gasteiger partial charge in [-0.2, -0.15) is 0 Å². The van der Waals surface area contributed by atoms with Gasteiger partial charge in [-0.1, -0.05) is 67.9 Å². The third-order valence-electron chi connectivity index (χ3n) is 5.10. The van der Waals surface area contributed by atoms with Crippen molar-refractivity contribution < 1.29 is 19.4 Å². The first-order valence-electron chi connectivity index (χ1n) is 10.1. The van der Waals surface area contributed by atoms with Crippen molar-refractivity contribution in [1.29, 1.82) is 0 Å². The number of carbonyl (C=O) groups is 1. The maximum atomic E-state index is 12.6. The topological polar surface area (TPSA) is 55.8 Å². The summed E-state index contributed by atoms with van der Waals surface area (Å²) in [5.74, 6) is -0.904. The Labute approximate surface area is 166 Å². The van der Waals surface area contributed by atoms with Gasteiger partial charge in [0, 0.05) is 5.41 Å². The molecule has 0 aromatic heterocycles. The predicted octanol–water partition coefficient (Wildman–Crippen LogP) is 6.32. The van der Waals surface area contributed by atoms with E-state index >= 15 is 0 Å². The molecule has 4 nitrogen and oxygen atoms in total. The molecular weight excluding hydrogens is 340 g/mol. The molecule has 27 heavy (non-hydrogen) atoms. The lowest BCUT2D eigenvalue weighted by atomic mass is 9.64. The van der Waals surface area contributed by atoms with Crippen LogP contribution in [0, 0.1) is 16.2 Å². The van der Waals surface area contributed by atoms with Crippen LogP contribution in [0.4, 0.5) is 0 Å². The molecular formula is C23H40O4. The SMILES string of the molecule is CC(C)(C)CCCCC(OC1C=CC=CO1)(C(=O)O)C(C)(C)CC(C)(C)C. The van der Waals surface area contributed by atoms with E-state index in [1.807, 2.05) is 19.9 Å². The maximum Gasteiger partial charge on any atom is 0.336 e. The molecule has 1 aliphatic rings. The number of carboxylic acids is 1. The fraction of sp³-hybridized carbons (Fsp3) is 0.783. The summed E-state index contributed by atoms with van der Waals surface area (Å²) in [6, 6.07) is 0. The van der Waals surface area contributed by atoms with Crippen molar-refractivity contribution in [2.24, 2.45) is 16.2 Å². The lowest BCUT2D eigenvalue weighted by Crippen LogP contribution is -2.56. The van der Waals surface area contributed by atoms with Crippen molar-refractivity contribution in [2.75, 3.05) is 0 Å². The minimum atomic E-state index is -1.31. The summed E-state index contributed by atoms with van der Waals surface area (Å²) in [6.07, 6.45) is 10.3. The van der Waals surface area contributed by atoms with Gasteiger partial charge in [-0.25, -0.2) is 4.79 Å². The monoisotopic (exact) mass is 380 g/mol. The molecule has 4 heteroatoms. The maximum absolute atomic E-state index is 12.6. The number of hydrogen-bond donors (Lipinski definition) is 1. The van der Waals surface area contributed by atoms with E-state index in [4.69, 9.17) is 9.47 Å². The van der Waals surface area contributed by atoms with Crippen molar-refractivity contribution in [3.8, 4) is 0 Å². The summed E-state index contributed by atoms with van der Waals surface area (Å²) < 4.78 is 11.7. The molecule has 0 saturated heterocycles. The van der Waals surface area contributed by atoms with Gasteiger partial charge in [0.1, 0.15) is 0 Å². The van der Waals surface area contributed by atoms with Gasteiger partial charge >= 0.3 is 5.97 Å². The van der Waals surface area contributed by atoms with Gasteiger partial charge < -0.3 is 14.6 Å². The molecule has 1 aliphatic heterocycles. The highest BCUT2D eigenvalue weighted by Gasteiger charge is 2.54. The summed E-state index contributed by atoms with van der Waals surface area (Å²) in [5.41, 5.74) is -1.63. The summed E-state index contributed by atoms with van der Waals surface area (Å²) in [7, 11) is 0. The Morgan fingerprint density at radius 1 is 0.963 bits per heavy atom. The molecule has 2 unspecified atom stereocenters. The predicted molar refractivity (Wildman–Crippen MR) is 110 cm³/mol. The molecule has 0 bridgehead atoms. The average Bonchev–Trinajstić information content (AvgIpc) is 2.47. The van der Waals surface area contributed by atoms with Crippen molar-refractivity contribution in [3.63, 3.8) is 0 Å². The van der Waals surface area contributed by atoms with Crippen LogP contribution in [0.2, 0.25) is 0 Å². The second-order valence-electron chi connectivity index (χ2n) is 10.9. The zero-order chi connectivity index (χ0) is 20.9. The van der Waals surface area contributed by atoms with Crippen molar-refractivity contribution in [1.82, 2.24) is 0 Å². The Balaban J connectivity index is 3.10. The second kappa shape index (κ2) is 8.81. The van der Waals surface area contributed by atoms with E-state index in [9.17, 15) is 9.90 Å². The van der Waals surface area contributed by atoms with E-state index in [0.29, 0.717) is 6.42 Å². The van der Waals surface area contributed by atoms with Gasteiger partial charge in [-0.05, 0) is 48.7 Å². The first kappa shape index (κ1) is 23.7. The summed E-state index contributed by atoms with van der Waals surface area (Å²) in [4.78, 5) is 12.6. The van der Waals surface area contributed by atoms with Crippen LogP contribution in [0.15, 0.2) is 24.5 Å². The molecule has 0 aromatic carbocycles. The Morgan fingerprint density at radius 2 is 1.56 bits per heavy atom. The van der Waals surface area contributed by atoms with Gasteiger partial charge in [0.2, 0.25) is 6.29 Å². The highest BCUT2D eigenvalue weighted by Crippen LogP contribution is 2.47. The molecule has 156 valence electrons. The highest BCUT2D eigenvalue weighted by molar-refractivity contribution is 5.78. The molecule has 1 heterocycles. The second-order valence-corrected chi connectivity index (χ2v) is 10.9. The van der Waals surface area contributed by atoms with E-state index in [2.05, 4.69) is 41.5 Å². The molecule has 0 aliphatic carbocycles. The number of allylic oxidation sites excluding steroid dienone is 2. The summed E-state index contributed by atoms with van der Waals surface area (Å²) >= 11 is 0. The molecule has 1 N–H and O–H groups in total. The number of unbranched alkanes of at least 4 members (excludes halogenated alkanes) is 1. The highest BCUT2D eigenvalue weighted by atomic mass is 16.7. The third-order valence-corrected chi connectivity index (χ3v) is 5.10. The van der Waals surface area contributed by atoms with Crippen LogP contribution in [0.3, 0.4) is 0 Å². The Kier molecular flexibility index (Phi) is 7.75. The van der Waals surface area contributed by atoms with Crippen LogP contribution < -0.4 is 0 Å². The zero-order valence-corrected chi connectivity index (χ0v) is 18.6.